The van der Waals surface area contributed by atoms with Gasteiger partial charge < -0.3 is 10.1 Å². The van der Waals surface area contributed by atoms with E-state index < -0.39 is 0 Å². The highest BCUT2D eigenvalue weighted by Crippen LogP contribution is 2.28. The van der Waals surface area contributed by atoms with Crippen molar-refractivity contribution in [2.24, 2.45) is 0 Å². The Morgan fingerprint density at radius 1 is 1.26 bits per heavy atom. The molecule has 0 radical (unpaired) electrons. The fraction of sp³-hybridized carbons (Fsp3) is 0.143. The van der Waals surface area contributed by atoms with Gasteiger partial charge in [0.1, 0.15) is 11.6 Å². The molecule has 2 aromatic rings. The fourth-order valence-electron chi connectivity index (χ4n) is 1.64. The van der Waals surface area contributed by atoms with Crippen molar-refractivity contribution in [2.45, 2.75) is 6.54 Å². The Kier molecular flexibility index (Phi) is 4.66. The average molecular weight is 345 g/mol. The summed E-state index contributed by atoms with van der Waals surface area (Å²) in [5, 5.41) is 3.77. The Morgan fingerprint density at radius 2 is 2.05 bits per heavy atom. The van der Waals surface area contributed by atoms with Crippen molar-refractivity contribution in [2.75, 3.05) is 12.4 Å². The Balaban J connectivity index is 2.08. The maximum atomic E-state index is 13.0. The summed E-state index contributed by atoms with van der Waals surface area (Å²) in [6.45, 7) is 0.573. The van der Waals surface area contributed by atoms with E-state index in [1.54, 1.807) is 25.3 Å². The minimum absolute atomic E-state index is 0.261. The average Bonchev–Trinajstić information content (AvgIpc) is 2.38. The van der Waals surface area contributed by atoms with Crippen molar-refractivity contribution < 1.29 is 9.13 Å². The van der Waals surface area contributed by atoms with Crippen LogP contribution in [-0.4, -0.2) is 7.11 Å². The molecule has 0 atom stereocenters. The quantitative estimate of drug-likeness (QED) is 0.855. The van der Waals surface area contributed by atoms with Gasteiger partial charge in [-0.3, -0.25) is 0 Å². The van der Waals surface area contributed by atoms with Gasteiger partial charge in [0.2, 0.25) is 0 Å². The van der Waals surface area contributed by atoms with Gasteiger partial charge in [0.05, 0.1) is 12.1 Å². The molecule has 0 saturated heterocycles. The zero-order valence-corrected chi connectivity index (χ0v) is 12.6. The summed E-state index contributed by atoms with van der Waals surface area (Å²) in [4.78, 5) is 0. The summed E-state index contributed by atoms with van der Waals surface area (Å²) in [5.74, 6) is 0.373. The third-order valence-electron chi connectivity index (χ3n) is 2.65. The molecule has 0 heterocycles. The monoisotopic (exact) mass is 343 g/mol. The van der Waals surface area contributed by atoms with Crippen LogP contribution < -0.4 is 10.1 Å². The molecule has 0 fully saturated rings. The molecule has 0 unspecified atom stereocenters. The summed E-state index contributed by atoms with van der Waals surface area (Å²) in [6.07, 6.45) is 0. The number of hydrogen-bond acceptors (Lipinski definition) is 2. The van der Waals surface area contributed by atoms with Crippen LogP contribution >= 0.6 is 27.5 Å². The number of ether oxygens (including phenoxy) is 1. The number of rotatable bonds is 4. The highest BCUT2D eigenvalue weighted by Gasteiger charge is 2.04. The summed E-state index contributed by atoms with van der Waals surface area (Å²) in [7, 11) is 1.57. The lowest BCUT2D eigenvalue weighted by Gasteiger charge is -2.10. The second-order valence-electron chi connectivity index (χ2n) is 3.94. The molecule has 0 aliphatic carbocycles. The molecule has 100 valence electrons. The molecule has 0 amide bonds. The Labute approximate surface area is 124 Å². The summed E-state index contributed by atoms with van der Waals surface area (Å²) in [5.41, 5.74) is 1.84. The fourth-order valence-corrected chi connectivity index (χ4v) is 2.39. The maximum Gasteiger partial charge on any atom is 0.137 e. The normalized spacial score (nSPS) is 10.3. The van der Waals surface area contributed by atoms with Crippen LogP contribution in [0.5, 0.6) is 5.75 Å². The van der Waals surface area contributed by atoms with Crippen LogP contribution in [0.2, 0.25) is 5.02 Å². The first kappa shape index (κ1) is 14.2. The minimum atomic E-state index is -0.261. The molecule has 5 heteroatoms. The highest BCUT2D eigenvalue weighted by atomic mass is 79.9. The molecular weight excluding hydrogens is 333 g/mol. The van der Waals surface area contributed by atoms with Gasteiger partial charge in [0.15, 0.2) is 0 Å². The number of nitrogens with one attached hydrogen (secondary N) is 1. The van der Waals surface area contributed by atoms with Gasteiger partial charge in [0, 0.05) is 16.7 Å². The molecule has 0 saturated carbocycles. The first-order chi connectivity index (χ1) is 9.10. The third-order valence-corrected chi connectivity index (χ3v) is 3.68. The van der Waals surface area contributed by atoms with Gasteiger partial charge in [0.25, 0.3) is 0 Å². The first-order valence-electron chi connectivity index (χ1n) is 5.61. The van der Waals surface area contributed by atoms with E-state index in [9.17, 15) is 4.39 Å². The zero-order chi connectivity index (χ0) is 13.8. The molecule has 0 bridgehead atoms. The molecule has 0 aliphatic heterocycles. The molecule has 0 spiro atoms. The Morgan fingerprint density at radius 3 is 2.68 bits per heavy atom. The SMILES string of the molecule is COc1ccc(NCc2ccc(F)cc2Br)cc1Cl. The maximum absolute atomic E-state index is 13.0. The molecule has 2 rings (SSSR count). The topological polar surface area (TPSA) is 21.3 Å². The van der Waals surface area contributed by atoms with E-state index >= 15 is 0 Å². The third kappa shape index (κ3) is 3.61. The van der Waals surface area contributed by atoms with Gasteiger partial charge in [-0.05, 0) is 35.9 Å². The number of hydrogen-bond donors (Lipinski definition) is 1. The molecule has 1 N–H and O–H groups in total. The van der Waals surface area contributed by atoms with Crippen LogP contribution in [0.1, 0.15) is 5.56 Å². The largest absolute Gasteiger partial charge is 0.495 e. The minimum Gasteiger partial charge on any atom is -0.495 e. The van der Waals surface area contributed by atoms with E-state index in [-0.39, 0.29) is 5.82 Å². The first-order valence-corrected chi connectivity index (χ1v) is 6.78. The summed E-state index contributed by atoms with van der Waals surface area (Å²) in [6, 6.07) is 10.1. The highest BCUT2D eigenvalue weighted by molar-refractivity contribution is 9.10. The van der Waals surface area contributed by atoms with Crippen molar-refractivity contribution in [1.82, 2.24) is 0 Å². The second-order valence-corrected chi connectivity index (χ2v) is 5.20. The van der Waals surface area contributed by atoms with Crippen LogP contribution in [0.4, 0.5) is 10.1 Å². The molecule has 0 aliphatic rings. The van der Waals surface area contributed by atoms with E-state index in [1.165, 1.54) is 12.1 Å². The van der Waals surface area contributed by atoms with Crippen LogP contribution in [0.25, 0.3) is 0 Å². The van der Waals surface area contributed by atoms with Crippen molar-refractivity contribution in [1.29, 1.82) is 0 Å². The number of halogens is 3. The summed E-state index contributed by atoms with van der Waals surface area (Å²) < 4.78 is 18.8. The molecule has 0 aromatic heterocycles. The van der Waals surface area contributed by atoms with Crippen LogP contribution in [0.15, 0.2) is 40.9 Å². The van der Waals surface area contributed by atoms with Crippen molar-refractivity contribution in [3.63, 3.8) is 0 Å². The van der Waals surface area contributed by atoms with E-state index in [4.69, 9.17) is 16.3 Å². The lowest BCUT2D eigenvalue weighted by Crippen LogP contribution is -2.00. The van der Waals surface area contributed by atoms with Crippen molar-refractivity contribution in [3.8, 4) is 5.75 Å². The van der Waals surface area contributed by atoms with Crippen LogP contribution in [0.3, 0.4) is 0 Å². The predicted octanol–water partition coefficient (Wildman–Crippen LogP) is 4.86. The van der Waals surface area contributed by atoms with Gasteiger partial charge in [-0.1, -0.05) is 33.6 Å². The second kappa shape index (κ2) is 6.26. The molecular formula is C14H12BrClFNO. The van der Waals surface area contributed by atoms with Crippen LogP contribution in [0, 0.1) is 5.82 Å². The van der Waals surface area contributed by atoms with E-state index in [0.717, 1.165) is 15.7 Å². The van der Waals surface area contributed by atoms with E-state index in [0.29, 0.717) is 17.3 Å². The molecule has 2 aromatic carbocycles. The van der Waals surface area contributed by atoms with Crippen LogP contribution in [-0.2, 0) is 6.54 Å². The zero-order valence-electron chi connectivity index (χ0n) is 10.2. The lowest BCUT2D eigenvalue weighted by atomic mass is 10.2. The molecule has 19 heavy (non-hydrogen) atoms. The smallest absolute Gasteiger partial charge is 0.137 e. The summed E-state index contributed by atoms with van der Waals surface area (Å²) >= 11 is 9.37. The van der Waals surface area contributed by atoms with E-state index in [2.05, 4.69) is 21.2 Å². The van der Waals surface area contributed by atoms with Gasteiger partial charge in [-0.25, -0.2) is 4.39 Å². The van der Waals surface area contributed by atoms with Crippen molar-refractivity contribution >= 4 is 33.2 Å². The molecule has 2 nitrogen and oxygen atoms in total. The number of methoxy groups -OCH3 is 1. The van der Waals surface area contributed by atoms with Gasteiger partial charge in [-0.15, -0.1) is 0 Å². The Bertz CT molecular complexity index is 592. The standard InChI is InChI=1S/C14H12BrClFNO/c1-19-14-5-4-11(7-13(14)16)18-8-9-2-3-10(17)6-12(9)15/h2-7,18H,8H2,1H3. The predicted molar refractivity (Wildman–Crippen MR) is 79.4 cm³/mol. The van der Waals surface area contributed by atoms with Gasteiger partial charge in [-0.2, -0.15) is 0 Å². The lowest BCUT2D eigenvalue weighted by molar-refractivity contribution is 0.415. The van der Waals surface area contributed by atoms with Gasteiger partial charge >= 0.3 is 0 Å². The van der Waals surface area contributed by atoms with Crippen molar-refractivity contribution in [3.05, 3.63) is 57.3 Å². The Hall–Kier alpha value is -1.26. The number of benzene rings is 2. The number of anilines is 1. The van der Waals surface area contributed by atoms with E-state index in [1.807, 2.05) is 6.07 Å².